The van der Waals surface area contributed by atoms with Crippen molar-refractivity contribution < 1.29 is 23.4 Å². The third-order valence-electron chi connectivity index (χ3n) is 9.03. The molecule has 8 N–H and O–H groups in total. The number of halogens is 2. The predicted octanol–water partition coefficient (Wildman–Crippen LogP) is 6.16. The molecule has 0 saturated heterocycles. The van der Waals surface area contributed by atoms with Gasteiger partial charge in [-0.3, -0.25) is 4.79 Å². The third kappa shape index (κ3) is 6.87. The quantitative estimate of drug-likeness (QED) is 0.145. The Labute approximate surface area is 271 Å². The summed E-state index contributed by atoms with van der Waals surface area (Å²) in [4.78, 5) is 14.3. The number of rotatable bonds is 4. The number of nitrogens with two attached hydrogens (primary N) is 2. The number of carboxylic acids is 1. The molecule has 6 rings (SSSR count). The van der Waals surface area contributed by atoms with Gasteiger partial charge < -0.3 is 31.2 Å². The monoisotopic (exact) mass is 643 g/mol. The molecule has 2 aliphatic heterocycles. The first-order valence-electron chi connectivity index (χ1n) is 15.8. The Bertz CT molecular complexity index is 1860. The zero-order valence-electron chi connectivity index (χ0n) is 26.2. The number of H-pyrrole nitrogens is 1. The topological polar surface area (TPSA) is 154 Å². The van der Waals surface area contributed by atoms with E-state index in [4.69, 9.17) is 16.3 Å². The predicted molar refractivity (Wildman–Crippen MR) is 176 cm³/mol. The SMILES string of the molecule is CC1(c2cccc(CCC(=O)O)c2)CCCCC/C(N)=N/N(N)Cc2c(c(F)cc3[nH]ccc23)Oc2ccc(F)c(c2)C2NC=C1N2. The van der Waals surface area contributed by atoms with Gasteiger partial charge in [0.15, 0.2) is 11.6 Å². The second-order valence-electron chi connectivity index (χ2n) is 12.4. The highest BCUT2D eigenvalue weighted by molar-refractivity contribution is 5.86. The molecule has 0 aliphatic carbocycles. The number of nitrogens with one attached hydrogen (secondary N) is 3. The van der Waals surface area contributed by atoms with E-state index < -0.39 is 29.2 Å². The second kappa shape index (κ2) is 13.3. The Kier molecular flexibility index (Phi) is 9.04. The van der Waals surface area contributed by atoms with E-state index in [0.29, 0.717) is 40.7 Å². The Morgan fingerprint density at radius 3 is 2.81 bits per heavy atom. The number of nitrogens with zero attached hydrogens (tertiary/aromatic N) is 2. The van der Waals surface area contributed by atoms with Gasteiger partial charge in [-0.25, -0.2) is 19.7 Å². The number of hydrogen-bond donors (Lipinski definition) is 6. The van der Waals surface area contributed by atoms with Gasteiger partial charge in [0.05, 0.1) is 6.54 Å². The molecule has 246 valence electrons. The summed E-state index contributed by atoms with van der Waals surface area (Å²) >= 11 is 0. The van der Waals surface area contributed by atoms with Crippen LogP contribution in [0.25, 0.3) is 10.9 Å². The molecule has 1 aromatic heterocycles. The number of fused-ring (bicyclic) bond motifs is 8. The van der Waals surface area contributed by atoms with Crippen LogP contribution in [-0.4, -0.2) is 27.0 Å². The molecule has 4 aromatic rings. The van der Waals surface area contributed by atoms with Gasteiger partial charge >= 0.3 is 5.97 Å². The highest BCUT2D eigenvalue weighted by Gasteiger charge is 2.36. The van der Waals surface area contributed by atoms with E-state index in [9.17, 15) is 9.90 Å². The first-order chi connectivity index (χ1) is 22.6. The van der Waals surface area contributed by atoms with Gasteiger partial charge in [0.25, 0.3) is 0 Å². The van der Waals surface area contributed by atoms with Crippen molar-refractivity contribution in [2.45, 2.75) is 70.0 Å². The average Bonchev–Trinajstić information content (AvgIpc) is 3.72. The van der Waals surface area contributed by atoms with Crippen molar-refractivity contribution in [2.24, 2.45) is 16.7 Å². The largest absolute Gasteiger partial charge is 0.481 e. The minimum atomic E-state index is -0.849. The maximum absolute atomic E-state index is 15.6. The number of hydrazine groups is 1. The summed E-state index contributed by atoms with van der Waals surface area (Å²) in [7, 11) is 0. The van der Waals surface area contributed by atoms with Crippen LogP contribution in [0.2, 0.25) is 0 Å². The number of hydrazone groups is 1. The lowest BCUT2D eigenvalue weighted by Crippen LogP contribution is -2.33. The van der Waals surface area contributed by atoms with E-state index >= 15 is 8.78 Å². The van der Waals surface area contributed by atoms with Crippen molar-refractivity contribution in [3.05, 3.63) is 107 Å². The standard InChI is InChI=1S/C35H39F2N7O3/c1-35(22-7-5-6-21(16-22)9-12-32(45)46)14-4-2-3-8-31(38)43-44(39)20-26-24-13-15-40-29(24)18-28(37)33(26)47-23-10-11-27(36)25(17-23)34-41-19-30(35)42-34/h5-7,10-11,13,15-19,34,40-42H,2-4,8-9,12,14,20,39H2,1H3,(H2,38,43)(H,45,46). The van der Waals surface area contributed by atoms with Crippen LogP contribution in [0, 0.1) is 11.6 Å². The van der Waals surface area contributed by atoms with E-state index in [1.54, 1.807) is 12.3 Å². The number of aromatic nitrogens is 1. The number of carboxylic acid groups (broad SMARTS) is 1. The maximum Gasteiger partial charge on any atom is 0.303 e. The van der Waals surface area contributed by atoms with Crippen LogP contribution >= 0.6 is 0 Å². The second-order valence-corrected chi connectivity index (χ2v) is 12.4. The molecule has 12 heteroatoms. The third-order valence-corrected chi connectivity index (χ3v) is 9.03. The summed E-state index contributed by atoms with van der Waals surface area (Å²) in [5.74, 6) is 4.91. The number of ether oxygens (including phenoxy) is 1. The zero-order valence-corrected chi connectivity index (χ0v) is 26.2. The van der Waals surface area contributed by atoms with Gasteiger partial charge in [0.1, 0.15) is 23.6 Å². The summed E-state index contributed by atoms with van der Waals surface area (Å²) < 4.78 is 37.1. The van der Waals surface area contributed by atoms with Gasteiger partial charge in [-0.1, -0.05) is 37.1 Å². The van der Waals surface area contributed by atoms with Crippen molar-refractivity contribution in [3.8, 4) is 11.5 Å². The molecule has 2 unspecified atom stereocenters. The molecule has 3 heterocycles. The molecule has 2 aliphatic rings. The van der Waals surface area contributed by atoms with Crippen molar-refractivity contribution in [2.75, 3.05) is 0 Å². The van der Waals surface area contributed by atoms with Gasteiger partial charge in [0.2, 0.25) is 0 Å². The van der Waals surface area contributed by atoms with Gasteiger partial charge in [-0.05, 0) is 61.6 Å². The normalized spacial score (nSPS) is 21.5. The highest BCUT2D eigenvalue weighted by atomic mass is 19.1. The van der Waals surface area contributed by atoms with Crippen molar-refractivity contribution in [1.29, 1.82) is 0 Å². The minimum Gasteiger partial charge on any atom is -0.481 e. The smallest absolute Gasteiger partial charge is 0.303 e. The molecular formula is C35H39F2N7O3. The maximum atomic E-state index is 15.6. The first-order valence-corrected chi connectivity index (χ1v) is 15.8. The van der Waals surface area contributed by atoms with E-state index in [0.717, 1.165) is 42.5 Å². The molecule has 0 radical (unpaired) electrons. The minimum absolute atomic E-state index is 0.0130. The van der Waals surface area contributed by atoms with Gasteiger partial charge in [-0.2, -0.15) is 0 Å². The van der Waals surface area contributed by atoms with Crippen molar-refractivity contribution in [3.63, 3.8) is 0 Å². The number of amidine groups is 1. The number of aromatic amines is 1. The fourth-order valence-corrected chi connectivity index (χ4v) is 6.44. The molecule has 0 spiro atoms. The van der Waals surface area contributed by atoms with E-state index in [1.165, 1.54) is 23.3 Å². The fraction of sp³-hybridized carbons (Fsp3) is 0.314. The van der Waals surface area contributed by atoms with Crippen LogP contribution in [0.3, 0.4) is 0 Å². The van der Waals surface area contributed by atoms with Crippen LogP contribution in [0.4, 0.5) is 8.78 Å². The van der Waals surface area contributed by atoms with Crippen LogP contribution in [0.15, 0.2) is 77.8 Å². The Hall–Kier alpha value is -5.10. The van der Waals surface area contributed by atoms with E-state index in [2.05, 4.69) is 33.7 Å². The van der Waals surface area contributed by atoms with Crippen LogP contribution < -0.4 is 26.9 Å². The van der Waals surface area contributed by atoms with Gasteiger partial charge in [0, 0.05) is 64.4 Å². The number of benzene rings is 3. The summed E-state index contributed by atoms with van der Waals surface area (Å²) in [6.07, 6.45) is 7.20. The molecule has 0 amide bonds. The zero-order chi connectivity index (χ0) is 33.1. The van der Waals surface area contributed by atoms with Gasteiger partial charge in [-0.15, -0.1) is 5.10 Å². The average molecular weight is 644 g/mol. The summed E-state index contributed by atoms with van der Waals surface area (Å²) in [5.41, 5.74) is 9.91. The summed E-state index contributed by atoms with van der Waals surface area (Å²) in [5, 5.41) is 22.3. The van der Waals surface area contributed by atoms with Crippen LogP contribution in [0.5, 0.6) is 11.5 Å². The number of carbonyl (C=O) groups is 1. The fourth-order valence-electron chi connectivity index (χ4n) is 6.44. The Morgan fingerprint density at radius 2 is 1.98 bits per heavy atom. The molecule has 4 bridgehead atoms. The number of aliphatic carboxylic acids is 1. The molecule has 47 heavy (non-hydrogen) atoms. The Balaban J connectivity index is 1.38. The molecule has 3 aromatic carbocycles. The number of hydrogen-bond acceptors (Lipinski definition) is 8. The van der Waals surface area contributed by atoms with Crippen molar-refractivity contribution in [1.82, 2.24) is 20.7 Å². The van der Waals surface area contributed by atoms with E-state index in [-0.39, 0.29) is 24.5 Å². The summed E-state index contributed by atoms with van der Waals surface area (Å²) in [6, 6.07) is 15.4. The number of allylic oxidation sites excluding steroid dienone is 1. The highest BCUT2D eigenvalue weighted by Crippen LogP contribution is 2.41. The van der Waals surface area contributed by atoms with Crippen molar-refractivity contribution >= 4 is 22.7 Å². The molecule has 0 saturated carbocycles. The lowest BCUT2D eigenvalue weighted by molar-refractivity contribution is -0.136. The summed E-state index contributed by atoms with van der Waals surface area (Å²) in [6.45, 7) is 2.15. The Morgan fingerprint density at radius 1 is 1.13 bits per heavy atom. The lowest BCUT2D eigenvalue weighted by atomic mass is 9.75. The molecular weight excluding hydrogens is 604 g/mol. The lowest BCUT2D eigenvalue weighted by Gasteiger charge is -2.33. The molecule has 10 nitrogen and oxygen atoms in total. The number of aryl methyl sites for hydroxylation is 1. The molecule has 0 fully saturated rings. The van der Waals surface area contributed by atoms with E-state index in [1.807, 2.05) is 30.5 Å². The van der Waals surface area contributed by atoms with Crippen LogP contribution in [-0.2, 0) is 23.2 Å². The molecule has 2 atom stereocenters. The first kappa shape index (κ1) is 31.9. The van der Waals surface area contributed by atoms with Crippen LogP contribution in [0.1, 0.15) is 73.9 Å².